The van der Waals surface area contributed by atoms with E-state index in [0.717, 1.165) is 35.6 Å². The normalized spacial score (nSPS) is 22.8. The first-order valence-corrected chi connectivity index (χ1v) is 6.63. The second kappa shape index (κ2) is 5.15. The Morgan fingerprint density at radius 3 is 2.70 bits per heavy atom. The maximum Gasteiger partial charge on any atom is 0.302 e. The van der Waals surface area contributed by atoms with Crippen LogP contribution in [0.3, 0.4) is 0 Å². The maximum atomic E-state index is 11.8. The second-order valence-corrected chi connectivity index (χ2v) is 5.37. The highest BCUT2D eigenvalue weighted by Crippen LogP contribution is 2.42. The summed E-state index contributed by atoms with van der Waals surface area (Å²) in [5.41, 5.74) is 4.11. The minimum atomic E-state index is -0.245. The fraction of sp³-hybridized carbons (Fsp3) is 0.467. The average Bonchev–Trinajstić information content (AvgIpc) is 2.95. The van der Waals surface area contributed by atoms with E-state index in [0.29, 0.717) is 0 Å². The van der Waals surface area contributed by atoms with E-state index in [1.807, 2.05) is 6.92 Å². The minimum absolute atomic E-state index is 0.0218. The zero-order valence-corrected chi connectivity index (χ0v) is 12.3. The van der Waals surface area contributed by atoms with Crippen LogP contribution in [0.15, 0.2) is 17.8 Å². The number of esters is 1. The van der Waals surface area contributed by atoms with E-state index in [1.165, 1.54) is 14.0 Å². The number of aryl methyl sites for hydroxylation is 1. The summed E-state index contributed by atoms with van der Waals surface area (Å²) in [6.07, 6.45) is 2.81. The number of nitrogens with one attached hydrogen (secondary N) is 2. The van der Waals surface area contributed by atoms with Gasteiger partial charge in [0.25, 0.3) is 0 Å². The van der Waals surface area contributed by atoms with Crippen LogP contribution in [-0.2, 0) is 14.9 Å². The third-order valence-electron chi connectivity index (χ3n) is 3.89. The van der Waals surface area contributed by atoms with Crippen LogP contribution in [0.1, 0.15) is 42.0 Å². The molecule has 2 heterocycles. The molecular formula is C15H20N2O3. The molecule has 108 valence electrons. The van der Waals surface area contributed by atoms with E-state index in [1.54, 1.807) is 6.08 Å². The van der Waals surface area contributed by atoms with Crippen LogP contribution < -0.4 is 5.32 Å². The minimum Gasteiger partial charge on any atom is -0.469 e. The molecule has 0 bridgehead atoms. The van der Waals surface area contributed by atoms with E-state index >= 15 is 0 Å². The monoisotopic (exact) mass is 276 g/mol. The summed E-state index contributed by atoms with van der Waals surface area (Å²) in [4.78, 5) is 24.6. The molecule has 0 spiro atoms. The van der Waals surface area contributed by atoms with Gasteiger partial charge in [0.05, 0.1) is 12.8 Å². The van der Waals surface area contributed by atoms with Crippen molar-refractivity contribution in [3.8, 4) is 0 Å². The van der Waals surface area contributed by atoms with Gasteiger partial charge in [0.2, 0.25) is 5.78 Å². The lowest BCUT2D eigenvalue weighted by molar-refractivity contribution is -0.137. The molecule has 0 amide bonds. The van der Waals surface area contributed by atoms with E-state index in [4.69, 9.17) is 0 Å². The fourth-order valence-corrected chi connectivity index (χ4v) is 2.69. The Kier molecular flexibility index (Phi) is 3.70. The molecule has 5 nitrogen and oxygen atoms in total. The Labute approximate surface area is 118 Å². The lowest BCUT2D eigenvalue weighted by Gasteiger charge is -2.28. The van der Waals surface area contributed by atoms with Gasteiger partial charge in [-0.2, -0.15) is 0 Å². The largest absolute Gasteiger partial charge is 0.469 e. The number of fused-ring (bicyclic) bond motifs is 3. The topological polar surface area (TPSA) is 71.2 Å². The van der Waals surface area contributed by atoms with Crippen molar-refractivity contribution in [2.45, 2.75) is 32.6 Å². The molecule has 2 aliphatic rings. The van der Waals surface area contributed by atoms with Crippen LogP contribution in [0.4, 0.5) is 0 Å². The number of hydrogen-bond donors (Lipinski definition) is 2. The smallest absolute Gasteiger partial charge is 0.302 e. The van der Waals surface area contributed by atoms with Crippen LogP contribution in [-0.4, -0.2) is 30.4 Å². The molecule has 1 fully saturated rings. The van der Waals surface area contributed by atoms with Crippen LogP contribution in [0.2, 0.25) is 0 Å². The number of H-pyrrole nitrogens is 1. The highest BCUT2D eigenvalue weighted by Gasteiger charge is 2.42. The predicted molar refractivity (Wildman–Crippen MR) is 75.6 cm³/mol. The quantitative estimate of drug-likeness (QED) is 0.709. The molecule has 1 aromatic rings. The Balaban J connectivity index is 0.000000257. The molecule has 0 unspecified atom stereocenters. The second-order valence-electron chi connectivity index (χ2n) is 5.37. The van der Waals surface area contributed by atoms with Crippen molar-refractivity contribution in [3.63, 3.8) is 0 Å². The number of allylic oxidation sites excluding steroid dienone is 2. The molecule has 1 aliphatic carbocycles. The zero-order valence-electron chi connectivity index (χ0n) is 12.3. The van der Waals surface area contributed by atoms with E-state index < -0.39 is 0 Å². The number of ether oxygens (including phenoxy) is 1. The summed E-state index contributed by atoms with van der Waals surface area (Å²) in [7, 11) is 1.35. The van der Waals surface area contributed by atoms with Gasteiger partial charge < -0.3 is 15.0 Å². The number of methoxy groups -OCH3 is 1. The third-order valence-corrected chi connectivity index (χ3v) is 3.89. The van der Waals surface area contributed by atoms with Gasteiger partial charge in [0, 0.05) is 36.4 Å². The highest BCUT2D eigenvalue weighted by atomic mass is 16.5. The van der Waals surface area contributed by atoms with Gasteiger partial charge in [0.15, 0.2) is 0 Å². The van der Waals surface area contributed by atoms with Crippen molar-refractivity contribution in [2.75, 3.05) is 13.7 Å². The molecule has 0 saturated carbocycles. The molecule has 1 aromatic heterocycles. The van der Waals surface area contributed by atoms with Gasteiger partial charge in [-0.15, -0.1) is 0 Å². The summed E-state index contributed by atoms with van der Waals surface area (Å²) in [6.45, 7) is 6.52. The van der Waals surface area contributed by atoms with Gasteiger partial charge in [0.1, 0.15) is 0 Å². The molecular weight excluding hydrogens is 256 g/mol. The van der Waals surface area contributed by atoms with Crippen molar-refractivity contribution in [1.29, 1.82) is 0 Å². The maximum absolute atomic E-state index is 11.8. The van der Waals surface area contributed by atoms with Gasteiger partial charge >= 0.3 is 5.97 Å². The Hall–Kier alpha value is -2.04. The fourth-order valence-electron chi connectivity index (χ4n) is 2.69. The van der Waals surface area contributed by atoms with Gasteiger partial charge in [-0.3, -0.25) is 9.59 Å². The van der Waals surface area contributed by atoms with Crippen LogP contribution in [0.25, 0.3) is 0 Å². The van der Waals surface area contributed by atoms with Gasteiger partial charge in [-0.1, -0.05) is 0 Å². The summed E-state index contributed by atoms with van der Waals surface area (Å²) in [5, 5.41) is 3.31. The molecule has 20 heavy (non-hydrogen) atoms. The Morgan fingerprint density at radius 2 is 2.10 bits per heavy atom. The van der Waals surface area contributed by atoms with E-state index in [-0.39, 0.29) is 17.2 Å². The third kappa shape index (κ3) is 2.35. The number of carbonyl (C=O) groups excluding carboxylic acids is 2. The van der Waals surface area contributed by atoms with Crippen molar-refractivity contribution in [3.05, 3.63) is 34.8 Å². The lowest BCUT2D eigenvalue weighted by atomic mass is 9.75. The van der Waals surface area contributed by atoms with E-state index in [2.05, 4.69) is 28.0 Å². The molecule has 5 heteroatoms. The Bertz CT molecular complexity index is 586. The van der Waals surface area contributed by atoms with Gasteiger partial charge in [-0.05, 0) is 31.9 Å². The zero-order chi connectivity index (χ0) is 14.9. The van der Waals surface area contributed by atoms with Crippen LogP contribution in [0.5, 0.6) is 0 Å². The number of ketones is 1. The predicted octanol–water partition coefficient (Wildman–Crippen LogP) is 1.83. The average molecular weight is 276 g/mol. The first-order valence-electron chi connectivity index (χ1n) is 6.63. The summed E-state index contributed by atoms with van der Waals surface area (Å²) >= 11 is 0. The van der Waals surface area contributed by atoms with Crippen LogP contribution >= 0.6 is 0 Å². The standard InChI is InChI=1S/C12H14N2O.C3H6O2/c1-7-5-8-11(14-7)9(15)6-10-12(8,2)3-4-13-10;1-3(4)5-2/h5-6,13-14H,3-4H2,1-2H3;1-2H3/t12-;/m1./s1. The number of aromatic nitrogens is 1. The molecule has 0 aromatic carbocycles. The van der Waals surface area contributed by atoms with Gasteiger partial charge in [-0.25, -0.2) is 0 Å². The molecule has 2 N–H and O–H groups in total. The SMILES string of the molecule is COC(C)=O.Cc1cc2c([nH]1)C(=O)C=C1NCC[C@@]12C. The van der Waals surface area contributed by atoms with Crippen molar-refractivity contribution in [2.24, 2.45) is 0 Å². The number of rotatable bonds is 0. The lowest BCUT2D eigenvalue weighted by Crippen LogP contribution is -2.29. The summed E-state index contributed by atoms with van der Waals surface area (Å²) < 4.78 is 4.11. The number of aromatic amines is 1. The summed E-state index contributed by atoms with van der Waals surface area (Å²) in [6, 6.07) is 2.10. The van der Waals surface area contributed by atoms with E-state index in [9.17, 15) is 9.59 Å². The van der Waals surface area contributed by atoms with Crippen molar-refractivity contribution < 1.29 is 14.3 Å². The molecule has 0 radical (unpaired) electrons. The molecule has 1 saturated heterocycles. The molecule has 1 atom stereocenters. The van der Waals surface area contributed by atoms with Crippen molar-refractivity contribution >= 4 is 11.8 Å². The first-order chi connectivity index (χ1) is 9.38. The highest BCUT2D eigenvalue weighted by molar-refractivity contribution is 6.07. The first kappa shape index (κ1) is 14.4. The van der Waals surface area contributed by atoms with Crippen LogP contribution in [0, 0.1) is 6.92 Å². The molecule has 1 aliphatic heterocycles. The van der Waals surface area contributed by atoms with Crippen molar-refractivity contribution in [1.82, 2.24) is 10.3 Å². The number of hydrogen-bond acceptors (Lipinski definition) is 4. The summed E-state index contributed by atoms with van der Waals surface area (Å²) in [5.74, 6) is -0.148. The Morgan fingerprint density at radius 1 is 1.45 bits per heavy atom. The molecule has 3 rings (SSSR count). The number of carbonyl (C=O) groups is 2.